The fraction of sp³-hybridized carbons (Fsp3) is 0.294. The maximum atomic E-state index is 5.39. The Morgan fingerprint density at radius 1 is 1.15 bits per heavy atom. The van der Waals surface area contributed by atoms with Crippen LogP contribution in [0.25, 0.3) is 0 Å². The van der Waals surface area contributed by atoms with E-state index in [9.17, 15) is 0 Å². The normalized spacial score (nSPS) is 12.2. The molecule has 0 fully saturated rings. The highest BCUT2D eigenvalue weighted by Crippen LogP contribution is 2.19. The second-order valence-corrected chi connectivity index (χ2v) is 5.84. The molecular weight excluding hydrogens is 314 g/mol. The summed E-state index contributed by atoms with van der Waals surface area (Å²) >= 11 is 3.50. The Morgan fingerprint density at radius 3 is 2.70 bits per heavy atom. The number of nitrogens with one attached hydrogen (secondary N) is 1. The van der Waals surface area contributed by atoms with E-state index >= 15 is 0 Å². The predicted molar refractivity (Wildman–Crippen MR) is 87.1 cm³/mol. The molecule has 0 aliphatic heterocycles. The first-order chi connectivity index (χ1) is 9.69. The molecule has 3 heteroatoms. The smallest absolute Gasteiger partial charge is 0.122 e. The summed E-state index contributed by atoms with van der Waals surface area (Å²) in [6.45, 7) is 3.07. The Labute approximate surface area is 129 Å². The maximum absolute atomic E-state index is 5.39. The molecule has 2 rings (SSSR count). The molecule has 106 valence electrons. The Hall–Kier alpha value is -1.32. The standard InChI is InChI=1S/C17H20BrNO/c1-13(10-15-7-3-4-9-17(15)20-2)19-12-14-6-5-8-16(18)11-14/h3-9,11,13,19H,10,12H2,1-2H3. The van der Waals surface area contributed by atoms with E-state index in [-0.39, 0.29) is 0 Å². The van der Waals surface area contributed by atoms with Gasteiger partial charge in [0.1, 0.15) is 5.75 Å². The highest BCUT2D eigenvalue weighted by Gasteiger charge is 2.07. The number of para-hydroxylation sites is 1. The van der Waals surface area contributed by atoms with Crippen molar-refractivity contribution in [1.29, 1.82) is 0 Å². The molecule has 2 aromatic rings. The molecule has 0 radical (unpaired) electrons. The van der Waals surface area contributed by atoms with Gasteiger partial charge < -0.3 is 10.1 Å². The van der Waals surface area contributed by atoms with Crippen molar-refractivity contribution in [2.24, 2.45) is 0 Å². The molecule has 0 aromatic heterocycles. The molecule has 20 heavy (non-hydrogen) atoms. The lowest BCUT2D eigenvalue weighted by atomic mass is 10.1. The summed E-state index contributed by atoms with van der Waals surface area (Å²) in [6.07, 6.45) is 0.956. The minimum atomic E-state index is 0.394. The Balaban J connectivity index is 1.91. The average molecular weight is 334 g/mol. The molecule has 0 saturated carbocycles. The average Bonchev–Trinajstić information content (AvgIpc) is 2.46. The van der Waals surface area contributed by atoms with Gasteiger partial charge in [0.05, 0.1) is 7.11 Å². The number of hydrogen-bond donors (Lipinski definition) is 1. The third-order valence-electron chi connectivity index (χ3n) is 3.26. The summed E-state index contributed by atoms with van der Waals surface area (Å²) in [4.78, 5) is 0. The molecule has 0 aliphatic carbocycles. The lowest BCUT2D eigenvalue weighted by molar-refractivity contribution is 0.406. The van der Waals surface area contributed by atoms with Crippen LogP contribution in [0.3, 0.4) is 0 Å². The van der Waals surface area contributed by atoms with Gasteiger partial charge in [0.25, 0.3) is 0 Å². The summed E-state index contributed by atoms with van der Waals surface area (Å²) in [7, 11) is 1.72. The van der Waals surface area contributed by atoms with Crippen molar-refractivity contribution in [2.75, 3.05) is 7.11 Å². The molecule has 0 bridgehead atoms. The molecular formula is C17H20BrNO. The van der Waals surface area contributed by atoms with Gasteiger partial charge in [-0.15, -0.1) is 0 Å². The van der Waals surface area contributed by atoms with E-state index in [0.29, 0.717) is 6.04 Å². The van der Waals surface area contributed by atoms with Gasteiger partial charge in [0.15, 0.2) is 0 Å². The highest BCUT2D eigenvalue weighted by molar-refractivity contribution is 9.10. The van der Waals surface area contributed by atoms with E-state index in [1.165, 1.54) is 11.1 Å². The van der Waals surface area contributed by atoms with Crippen LogP contribution in [0, 0.1) is 0 Å². The lowest BCUT2D eigenvalue weighted by Crippen LogP contribution is -2.27. The Morgan fingerprint density at radius 2 is 1.95 bits per heavy atom. The van der Waals surface area contributed by atoms with Gasteiger partial charge in [-0.1, -0.05) is 46.3 Å². The SMILES string of the molecule is COc1ccccc1CC(C)NCc1cccc(Br)c1. The van der Waals surface area contributed by atoms with Crippen molar-refractivity contribution in [3.05, 3.63) is 64.1 Å². The van der Waals surface area contributed by atoms with Gasteiger partial charge in [0.2, 0.25) is 0 Å². The number of rotatable bonds is 6. The van der Waals surface area contributed by atoms with Crippen molar-refractivity contribution < 1.29 is 4.74 Å². The zero-order valence-corrected chi connectivity index (χ0v) is 13.5. The third kappa shape index (κ3) is 4.36. The second-order valence-electron chi connectivity index (χ2n) is 4.93. The molecule has 0 aliphatic rings. The van der Waals surface area contributed by atoms with Crippen LogP contribution in [0.15, 0.2) is 53.0 Å². The predicted octanol–water partition coefficient (Wildman–Crippen LogP) is 4.18. The zero-order chi connectivity index (χ0) is 14.4. The van der Waals surface area contributed by atoms with Crippen LogP contribution in [-0.4, -0.2) is 13.2 Å². The van der Waals surface area contributed by atoms with E-state index in [0.717, 1.165) is 23.2 Å². The topological polar surface area (TPSA) is 21.3 Å². The van der Waals surface area contributed by atoms with Gasteiger partial charge >= 0.3 is 0 Å². The molecule has 0 saturated heterocycles. The molecule has 2 aromatic carbocycles. The Bertz CT molecular complexity index is 556. The third-order valence-corrected chi connectivity index (χ3v) is 3.76. The lowest BCUT2D eigenvalue weighted by Gasteiger charge is -2.16. The molecule has 0 amide bonds. The van der Waals surface area contributed by atoms with E-state index in [4.69, 9.17) is 4.74 Å². The molecule has 0 spiro atoms. The first-order valence-electron chi connectivity index (χ1n) is 6.79. The van der Waals surface area contributed by atoms with Crippen molar-refractivity contribution in [2.45, 2.75) is 25.9 Å². The second kappa shape index (κ2) is 7.46. The Kier molecular flexibility index (Phi) is 5.62. The van der Waals surface area contributed by atoms with Gasteiger partial charge in [-0.2, -0.15) is 0 Å². The quantitative estimate of drug-likeness (QED) is 0.856. The molecule has 1 atom stereocenters. The first kappa shape index (κ1) is 15.1. The van der Waals surface area contributed by atoms with Crippen molar-refractivity contribution in [1.82, 2.24) is 5.32 Å². The first-order valence-corrected chi connectivity index (χ1v) is 7.58. The number of ether oxygens (including phenoxy) is 1. The van der Waals surface area contributed by atoms with Crippen LogP contribution in [0.5, 0.6) is 5.75 Å². The summed E-state index contributed by atoms with van der Waals surface area (Å²) < 4.78 is 6.51. The molecule has 1 N–H and O–H groups in total. The maximum Gasteiger partial charge on any atom is 0.122 e. The van der Waals surface area contributed by atoms with Gasteiger partial charge in [-0.05, 0) is 42.7 Å². The zero-order valence-electron chi connectivity index (χ0n) is 11.9. The van der Waals surface area contributed by atoms with Gasteiger partial charge in [0, 0.05) is 17.1 Å². The van der Waals surface area contributed by atoms with E-state index < -0.39 is 0 Å². The van der Waals surface area contributed by atoms with Crippen molar-refractivity contribution in [3.63, 3.8) is 0 Å². The van der Waals surface area contributed by atoms with Crippen LogP contribution in [0.4, 0.5) is 0 Å². The summed E-state index contributed by atoms with van der Waals surface area (Å²) in [5, 5.41) is 3.55. The number of hydrogen-bond acceptors (Lipinski definition) is 2. The van der Waals surface area contributed by atoms with Crippen LogP contribution < -0.4 is 10.1 Å². The van der Waals surface area contributed by atoms with E-state index in [1.807, 2.05) is 18.2 Å². The molecule has 0 heterocycles. The van der Waals surface area contributed by atoms with Crippen molar-refractivity contribution in [3.8, 4) is 5.75 Å². The largest absolute Gasteiger partial charge is 0.496 e. The number of methoxy groups -OCH3 is 1. The van der Waals surface area contributed by atoms with Crippen molar-refractivity contribution >= 4 is 15.9 Å². The highest BCUT2D eigenvalue weighted by atomic mass is 79.9. The number of benzene rings is 2. The van der Waals surface area contributed by atoms with Crippen LogP contribution in [0.2, 0.25) is 0 Å². The van der Waals surface area contributed by atoms with Crippen LogP contribution >= 0.6 is 15.9 Å². The van der Waals surface area contributed by atoms with Crippen LogP contribution in [-0.2, 0) is 13.0 Å². The van der Waals surface area contributed by atoms with Gasteiger partial charge in [-0.3, -0.25) is 0 Å². The monoisotopic (exact) mass is 333 g/mol. The van der Waals surface area contributed by atoms with Crippen LogP contribution in [0.1, 0.15) is 18.1 Å². The number of halogens is 1. The summed E-state index contributed by atoms with van der Waals surface area (Å²) in [5.74, 6) is 0.962. The fourth-order valence-corrected chi connectivity index (χ4v) is 2.66. The molecule has 2 nitrogen and oxygen atoms in total. The van der Waals surface area contributed by atoms with Gasteiger partial charge in [-0.25, -0.2) is 0 Å². The summed E-state index contributed by atoms with van der Waals surface area (Å²) in [5.41, 5.74) is 2.52. The van der Waals surface area contributed by atoms with E-state index in [2.05, 4.69) is 58.5 Å². The summed E-state index contributed by atoms with van der Waals surface area (Å²) in [6, 6.07) is 17.0. The fourth-order valence-electron chi connectivity index (χ4n) is 2.21. The molecule has 1 unspecified atom stereocenters. The minimum absolute atomic E-state index is 0.394. The minimum Gasteiger partial charge on any atom is -0.496 e. The van der Waals surface area contributed by atoms with E-state index in [1.54, 1.807) is 7.11 Å².